The van der Waals surface area contributed by atoms with Gasteiger partial charge in [-0.15, -0.1) is 0 Å². The van der Waals surface area contributed by atoms with Crippen LogP contribution >= 0.6 is 27.5 Å². The van der Waals surface area contributed by atoms with Gasteiger partial charge in [-0.05, 0) is 17.7 Å². The SMILES string of the molecule is CN(CCC(=O)O)S(=O)(=O)Cc1ccc(Cl)cc1Br. The maximum absolute atomic E-state index is 12.0. The van der Waals surface area contributed by atoms with Crippen LogP contribution in [0.25, 0.3) is 0 Å². The summed E-state index contributed by atoms with van der Waals surface area (Å²) in [6, 6.07) is 4.84. The zero-order valence-corrected chi connectivity index (χ0v) is 13.3. The summed E-state index contributed by atoms with van der Waals surface area (Å²) in [6.07, 6.45) is -0.225. The van der Waals surface area contributed by atoms with Gasteiger partial charge in [0.05, 0.1) is 12.2 Å². The summed E-state index contributed by atoms with van der Waals surface area (Å²) >= 11 is 9.03. The van der Waals surface area contributed by atoms with Crippen molar-refractivity contribution < 1.29 is 18.3 Å². The number of benzene rings is 1. The lowest BCUT2D eigenvalue weighted by atomic mass is 10.2. The van der Waals surface area contributed by atoms with Crippen LogP contribution in [0.2, 0.25) is 5.02 Å². The van der Waals surface area contributed by atoms with Gasteiger partial charge in [0.15, 0.2) is 0 Å². The minimum Gasteiger partial charge on any atom is -0.481 e. The van der Waals surface area contributed by atoms with E-state index in [4.69, 9.17) is 16.7 Å². The molecule has 8 heteroatoms. The fourth-order valence-corrected chi connectivity index (χ4v) is 3.58. The quantitative estimate of drug-likeness (QED) is 0.834. The number of aliphatic carboxylic acids is 1. The number of carboxylic acids is 1. The molecule has 0 bridgehead atoms. The molecule has 0 aliphatic rings. The fraction of sp³-hybridized carbons (Fsp3) is 0.364. The highest BCUT2D eigenvalue weighted by molar-refractivity contribution is 9.10. The third kappa shape index (κ3) is 5.10. The molecule has 0 aromatic heterocycles. The van der Waals surface area contributed by atoms with Crippen molar-refractivity contribution in [2.75, 3.05) is 13.6 Å². The van der Waals surface area contributed by atoms with Crippen LogP contribution in [0.3, 0.4) is 0 Å². The first-order chi connectivity index (χ1) is 8.72. The molecular weight excluding hydrogens is 358 g/mol. The van der Waals surface area contributed by atoms with Crippen LogP contribution in [0.15, 0.2) is 22.7 Å². The molecule has 0 fully saturated rings. The Kier molecular flexibility index (Phi) is 5.79. The average molecular weight is 371 g/mol. The summed E-state index contributed by atoms with van der Waals surface area (Å²) < 4.78 is 25.7. The summed E-state index contributed by atoms with van der Waals surface area (Å²) in [7, 11) is -2.18. The molecule has 1 rings (SSSR count). The molecule has 1 N–H and O–H groups in total. The highest BCUT2D eigenvalue weighted by Gasteiger charge is 2.20. The molecule has 0 aliphatic carbocycles. The van der Waals surface area contributed by atoms with E-state index in [9.17, 15) is 13.2 Å². The molecule has 5 nitrogen and oxygen atoms in total. The molecule has 0 saturated heterocycles. The van der Waals surface area contributed by atoms with Gasteiger partial charge < -0.3 is 5.11 Å². The summed E-state index contributed by atoms with van der Waals surface area (Å²) in [5, 5.41) is 9.06. The van der Waals surface area contributed by atoms with E-state index in [1.54, 1.807) is 18.2 Å². The third-order valence-electron chi connectivity index (χ3n) is 2.47. The van der Waals surface area contributed by atoms with Crippen LogP contribution in [0, 0.1) is 0 Å². The Morgan fingerprint density at radius 2 is 2.11 bits per heavy atom. The molecule has 0 atom stereocenters. The van der Waals surface area contributed by atoms with Gasteiger partial charge in [0.25, 0.3) is 0 Å². The van der Waals surface area contributed by atoms with Gasteiger partial charge in [-0.2, -0.15) is 0 Å². The molecule has 106 valence electrons. The number of sulfonamides is 1. The van der Waals surface area contributed by atoms with Gasteiger partial charge >= 0.3 is 5.97 Å². The maximum atomic E-state index is 12.0. The van der Waals surface area contributed by atoms with Crippen LogP contribution in [0.4, 0.5) is 0 Å². The standard InChI is InChI=1S/C11H13BrClNO4S/c1-14(5-4-11(15)16)19(17,18)7-8-2-3-9(13)6-10(8)12/h2-3,6H,4-5,7H2,1H3,(H,15,16). The smallest absolute Gasteiger partial charge is 0.304 e. The summed E-state index contributed by atoms with van der Waals surface area (Å²) in [6.45, 7) is -0.0527. The normalized spacial score (nSPS) is 11.8. The Labute approximate surface area is 125 Å². The summed E-state index contributed by atoms with van der Waals surface area (Å²) in [5.74, 6) is -1.24. The number of carbonyl (C=O) groups is 1. The second-order valence-electron chi connectivity index (χ2n) is 3.96. The first kappa shape index (κ1) is 16.4. The number of halogens is 2. The number of carboxylic acid groups (broad SMARTS) is 1. The average Bonchev–Trinajstić information content (AvgIpc) is 2.29. The van der Waals surface area contributed by atoms with E-state index in [1.807, 2.05) is 0 Å². The van der Waals surface area contributed by atoms with Crippen LogP contribution in [0.5, 0.6) is 0 Å². The van der Waals surface area contributed by atoms with Crippen molar-refractivity contribution in [2.45, 2.75) is 12.2 Å². The topological polar surface area (TPSA) is 74.7 Å². The van der Waals surface area contributed by atoms with Gasteiger partial charge in [0.2, 0.25) is 10.0 Å². The number of hydrogen-bond donors (Lipinski definition) is 1. The largest absolute Gasteiger partial charge is 0.481 e. The predicted molar refractivity (Wildman–Crippen MR) is 76.7 cm³/mol. The van der Waals surface area contributed by atoms with Gasteiger partial charge in [0, 0.05) is 23.1 Å². The monoisotopic (exact) mass is 369 g/mol. The number of nitrogens with zero attached hydrogens (tertiary/aromatic N) is 1. The van der Waals surface area contributed by atoms with Crippen LogP contribution in [-0.4, -0.2) is 37.4 Å². The lowest BCUT2D eigenvalue weighted by Gasteiger charge is -2.16. The molecular formula is C11H13BrClNO4S. The number of rotatable bonds is 6. The zero-order valence-electron chi connectivity index (χ0n) is 10.1. The van der Waals surface area contributed by atoms with Crippen molar-refractivity contribution in [1.82, 2.24) is 4.31 Å². The molecule has 0 aliphatic heterocycles. The van der Waals surface area contributed by atoms with E-state index in [0.717, 1.165) is 4.31 Å². The highest BCUT2D eigenvalue weighted by Crippen LogP contribution is 2.24. The first-order valence-electron chi connectivity index (χ1n) is 5.32. The molecule has 1 aromatic carbocycles. The van der Waals surface area contributed by atoms with E-state index in [-0.39, 0.29) is 18.7 Å². The molecule has 0 amide bonds. The van der Waals surface area contributed by atoms with Crippen molar-refractivity contribution in [1.29, 1.82) is 0 Å². The number of hydrogen-bond acceptors (Lipinski definition) is 3. The maximum Gasteiger partial charge on any atom is 0.304 e. The van der Waals surface area contributed by atoms with Crippen molar-refractivity contribution in [3.8, 4) is 0 Å². The Hall–Kier alpha value is -0.630. The van der Waals surface area contributed by atoms with E-state index in [0.29, 0.717) is 15.1 Å². The minimum atomic E-state index is -3.55. The van der Waals surface area contributed by atoms with E-state index >= 15 is 0 Å². The van der Waals surface area contributed by atoms with Gasteiger partial charge in [-0.25, -0.2) is 12.7 Å². The van der Waals surface area contributed by atoms with E-state index in [1.165, 1.54) is 7.05 Å². The van der Waals surface area contributed by atoms with E-state index in [2.05, 4.69) is 15.9 Å². The lowest BCUT2D eigenvalue weighted by molar-refractivity contribution is -0.137. The molecule has 0 radical (unpaired) electrons. The van der Waals surface area contributed by atoms with Crippen molar-refractivity contribution in [3.63, 3.8) is 0 Å². The van der Waals surface area contributed by atoms with Gasteiger partial charge in [-0.3, -0.25) is 4.79 Å². The van der Waals surface area contributed by atoms with Crippen LogP contribution < -0.4 is 0 Å². The Morgan fingerprint density at radius 3 is 2.63 bits per heavy atom. The van der Waals surface area contributed by atoms with Crippen LogP contribution in [-0.2, 0) is 20.6 Å². The summed E-state index contributed by atoms with van der Waals surface area (Å²) in [5.41, 5.74) is 0.576. The minimum absolute atomic E-state index is 0.0527. The van der Waals surface area contributed by atoms with Gasteiger partial charge in [0.1, 0.15) is 0 Å². The highest BCUT2D eigenvalue weighted by atomic mass is 79.9. The molecule has 1 aromatic rings. The fourth-order valence-electron chi connectivity index (χ4n) is 1.34. The van der Waals surface area contributed by atoms with Gasteiger partial charge in [-0.1, -0.05) is 33.6 Å². The molecule has 0 heterocycles. The second-order valence-corrected chi connectivity index (χ2v) is 7.32. The zero-order chi connectivity index (χ0) is 14.6. The Morgan fingerprint density at radius 1 is 1.47 bits per heavy atom. The third-order valence-corrected chi connectivity index (χ3v) is 5.25. The molecule has 19 heavy (non-hydrogen) atoms. The first-order valence-corrected chi connectivity index (χ1v) is 8.10. The summed E-state index contributed by atoms with van der Waals surface area (Å²) in [4.78, 5) is 10.4. The Balaban J connectivity index is 2.81. The van der Waals surface area contributed by atoms with Crippen molar-refractivity contribution in [2.24, 2.45) is 0 Å². The van der Waals surface area contributed by atoms with Crippen molar-refractivity contribution >= 4 is 43.5 Å². The molecule has 0 unspecified atom stereocenters. The Bertz CT molecular complexity index is 576. The van der Waals surface area contributed by atoms with E-state index < -0.39 is 16.0 Å². The lowest BCUT2D eigenvalue weighted by Crippen LogP contribution is -2.30. The predicted octanol–water partition coefficient (Wildman–Crippen LogP) is 2.34. The molecule has 0 spiro atoms. The van der Waals surface area contributed by atoms with Crippen molar-refractivity contribution in [3.05, 3.63) is 33.3 Å². The second kappa shape index (κ2) is 6.69. The van der Waals surface area contributed by atoms with Crippen LogP contribution in [0.1, 0.15) is 12.0 Å². The molecule has 0 saturated carbocycles.